The van der Waals surface area contributed by atoms with Gasteiger partial charge in [0.05, 0.1) is 14.2 Å². The van der Waals surface area contributed by atoms with Gasteiger partial charge in [-0.3, -0.25) is 0 Å². The average molecular weight is 235 g/mol. The van der Waals surface area contributed by atoms with Crippen molar-refractivity contribution in [2.75, 3.05) is 20.8 Å². The van der Waals surface area contributed by atoms with Crippen molar-refractivity contribution in [1.29, 1.82) is 0 Å². The van der Waals surface area contributed by atoms with Crippen LogP contribution in [0.3, 0.4) is 0 Å². The standard InChI is InChI=1S/C14H21NO2/c1-10-7-11(14(9-15)5-4-6-14)13(17-3)12(8-10)16-2/h7-8H,4-6,9,15H2,1-3H3. The summed E-state index contributed by atoms with van der Waals surface area (Å²) in [5, 5.41) is 0. The molecule has 1 aromatic rings. The molecule has 2 N–H and O–H groups in total. The minimum atomic E-state index is 0.102. The molecule has 1 saturated carbocycles. The van der Waals surface area contributed by atoms with Gasteiger partial charge in [0.2, 0.25) is 0 Å². The highest BCUT2D eigenvalue weighted by Crippen LogP contribution is 2.49. The third-order valence-electron chi connectivity index (χ3n) is 3.90. The van der Waals surface area contributed by atoms with E-state index in [2.05, 4.69) is 13.0 Å². The van der Waals surface area contributed by atoms with E-state index in [9.17, 15) is 0 Å². The summed E-state index contributed by atoms with van der Waals surface area (Å²) >= 11 is 0. The number of methoxy groups -OCH3 is 2. The molecule has 1 aromatic carbocycles. The molecule has 3 heteroatoms. The second-order valence-corrected chi connectivity index (χ2v) is 4.89. The Morgan fingerprint density at radius 1 is 1.24 bits per heavy atom. The number of hydrogen-bond acceptors (Lipinski definition) is 3. The SMILES string of the molecule is COc1cc(C)cc(C2(CN)CCC2)c1OC. The van der Waals surface area contributed by atoms with E-state index < -0.39 is 0 Å². The highest BCUT2D eigenvalue weighted by molar-refractivity contribution is 5.53. The number of benzene rings is 1. The minimum absolute atomic E-state index is 0.102. The molecular formula is C14H21NO2. The Morgan fingerprint density at radius 3 is 2.35 bits per heavy atom. The van der Waals surface area contributed by atoms with Crippen molar-refractivity contribution in [3.63, 3.8) is 0 Å². The van der Waals surface area contributed by atoms with Crippen molar-refractivity contribution < 1.29 is 9.47 Å². The van der Waals surface area contributed by atoms with Crippen molar-refractivity contribution in [1.82, 2.24) is 0 Å². The van der Waals surface area contributed by atoms with Crippen LogP contribution in [-0.4, -0.2) is 20.8 Å². The molecule has 0 unspecified atom stereocenters. The first-order valence-corrected chi connectivity index (χ1v) is 6.10. The summed E-state index contributed by atoms with van der Waals surface area (Å²) in [4.78, 5) is 0. The van der Waals surface area contributed by atoms with Gasteiger partial charge in [-0.2, -0.15) is 0 Å². The molecule has 1 aliphatic rings. The molecule has 0 radical (unpaired) electrons. The molecule has 1 fully saturated rings. The van der Waals surface area contributed by atoms with E-state index in [1.165, 1.54) is 17.5 Å². The van der Waals surface area contributed by atoms with E-state index in [-0.39, 0.29) is 5.41 Å². The zero-order valence-electron chi connectivity index (χ0n) is 10.9. The second-order valence-electron chi connectivity index (χ2n) is 4.89. The number of hydrogen-bond donors (Lipinski definition) is 1. The summed E-state index contributed by atoms with van der Waals surface area (Å²) in [5.41, 5.74) is 8.48. The van der Waals surface area contributed by atoms with Crippen LogP contribution in [0.4, 0.5) is 0 Å². The maximum Gasteiger partial charge on any atom is 0.164 e. The summed E-state index contributed by atoms with van der Waals surface area (Å²) in [6.45, 7) is 2.75. The van der Waals surface area contributed by atoms with Gasteiger partial charge in [0.15, 0.2) is 11.5 Å². The van der Waals surface area contributed by atoms with E-state index >= 15 is 0 Å². The fourth-order valence-electron chi connectivity index (χ4n) is 2.68. The Labute approximate surface area is 103 Å². The number of nitrogens with two attached hydrogens (primary N) is 1. The summed E-state index contributed by atoms with van der Waals surface area (Å²) in [6.07, 6.45) is 3.54. The molecule has 1 aliphatic carbocycles. The first kappa shape index (κ1) is 12.2. The maximum absolute atomic E-state index is 5.97. The van der Waals surface area contributed by atoms with Gasteiger partial charge >= 0.3 is 0 Å². The zero-order valence-corrected chi connectivity index (χ0v) is 10.9. The van der Waals surface area contributed by atoms with Crippen LogP contribution in [-0.2, 0) is 5.41 Å². The molecule has 0 bridgehead atoms. The van der Waals surface area contributed by atoms with Gasteiger partial charge in [-0.15, -0.1) is 0 Å². The van der Waals surface area contributed by atoms with Crippen LogP contribution in [0.2, 0.25) is 0 Å². The lowest BCUT2D eigenvalue weighted by molar-refractivity contribution is 0.240. The summed E-state index contributed by atoms with van der Waals surface area (Å²) in [6, 6.07) is 4.19. The quantitative estimate of drug-likeness (QED) is 0.871. The van der Waals surface area contributed by atoms with E-state index in [1.54, 1.807) is 14.2 Å². The Hall–Kier alpha value is -1.22. The molecule has 0 spiro atoms. The van der Waals surface area contributed by atoms with Crippen molar-refractivity contribution in [2.45, 2.75) is 31.6 Å². The molecule has 2 rings (SSSR count). The average Bonchev–Trinajstić information content (AvgIpc) is 2.27. The van der Waals surface area contributed by atoms with Crippen LogP contribution in [0.1, 0.15) is 30.4 Å². The van der Waals surface area contributed by atoms with Gasteiger partial charge in [-0.1, -0.05) is 12.5 Å². The Morgan fingerprint density at radius 2 is 1.94 bits per heavy atom. The van der Waals surface area contributed by atoms with Crippen molar-refractivity contribution in [3.8, 4) is 11.5 Å². The van der Waals surface area contributed by atoms with E-state index in [0.717, 1.165) is 24.3 Å². The molecule has 0 atom stereocenters. The summed E-state index contributed by atoms with van der Waals surface area (Å²) in [7, 11) is 3.37. The van der Waals surface area contributed by atoms with Gasteiger partial charge in [0.25, 0.3) is 0 Å². The molecular weight excluding hydrogens is 214 g/mol. The first-order valence-electron chi connectivity index (χ1n) is 6.10. The van der Waals surface area contributed by atoms with Crippen LogP contribution in [0.25, 0.3) is 0 Å². The Balaban J connectivity index is 2.55. The lowest BCUT2D eigenvalue weighted by Crippen LogP contribution is -2.41. The van der Waals surface area contributed by atoms with Crippen LogP contribution in [0.5, 0.6) is 11.5 Å². The van der Waals surface area contributed by atoms with Gasteiger partial charge < -0.3 is 15.2 Å². The largest absolute Gasteiger partial charge is 0.493 e. The Bertz CT molecular complexity index is 405. The highest BCUT2D eigenvalue weighted by Gasteiger charge is 2.40. The van der Waals surface area contributed by atoms with Crippen molar-refractivity contribution >= 4 is 0 Å². The smallest absolute Gasteiger partial charge is 0.164 e. The first-order chi connectivity index (χ1) is 8.16. The van der Waals surface area contributed by atoms with Gasteiger partial charge in [0.1, 0.15) is 0 Å². The normalized spacial score (nSPS) is 17.4. The van der Waals surface area contributed by atoms with Gasteiger partial charge in [0, 0.05) is 17.5 Å². The van der Waals surface area contributed by atoms with E-state index in [4.69, 9.17) is 15.2 Å². The van der Waals surface area contributed by atoms with Gasteiger partial charge in [-0.05, 0) is 31.4 Å². The van der Waals surface area contributed by atoms with Crippen LogP contribution in [0, 0.1) is 6.92 Å². The highest BCUT2D eigenvalue weighted by atomic mass is 16.5. The van der Waals surface area contributed by atoms with Crippen molar-refractivity contribution in [2.24, 2.45) is 5.73 Å². The maximum atomic E-state index is 5.97. The summed E-state index contributed by atoms with van der Waals surface area (Å²) < 4.78 is 10.9. The van der Waals surface area contributed by atoms with Crippen molar-refractivity contribution in [3.05, 3.63) is 23.3 Å². The monoisotopic (exact) mass is 235 g/mol. The molecule has 0 saturated heterocycles. The van der Waals surface area contributed by atoms with E-state index in [1.807, 2.05) is 6.07 Å². The number of aryl methyl sites for hydroxylation is 1. The molecule has 0 aliphatic heterocycles. The molecule has 0 heterocycles. The molecule has 3 nitrogen and oxygen atoms in total. The fraction of sp³-hybridized carbons (Fsp3) is 0.571. The third-order valence-corrected chi connectivity index (χ3v) is 3.90. The fourth-order valence-corrected chi connectivity index (χ4v) is 2.68. The minimum Gasteiger partial charge on any atom is -0.493 e. The van der Waals surface area contributed by atoms with Crippen LogP contribution >= 0.6 is 0 Å². The van der Waals surface area contributed by atoms with Crippen LogP contribution < -0.4 is 15.2 Å². The molecule has 0 amide bonds. The van der Waals surface area contributed by atoms with Crippen LogP contribution in [0.15, 0.2) is 12.1 Å². The molecule has 94 valence electrons. The predicted octanol–water partition coefficient (Wildman–Crippen LogP) is 2.39. The lowest BCUT2D eigenvalue weighted by Gasteiger charge is -2.42. The topological polar surface area (TPSA) is 44.5 Å². The van der Waals surface area contributed by atoms with Gasteiger partial charge in [-0.25, -0.2) is 0 Å². The predicted molar refractivity (Wildman–Crippen MR) is 68.9 cm³/mol. The third kappa shape index (κ3) is 1.89. The summed E-state index contributed by atoms with van der Waals surface area (Å²) in [5.74, 6) is 1.66. The molecule has 17 heavy (non-hydrogen) atoms. The number of rotatable bonds is 4. The zero-order chi connectivity index (χ0) is 12.5. The second kappa shape index (κ2) is 4.57. The Kier molecular flexibility index (Phi) is 3.29. The lowest BCUT2D eigenvalue weighted by atomic mass is 9.64. The van der Waals surface area contributed by atoms with E-state index in [0.29, 0.717) is 6.54 Å². The molecule has 0 aromatic heterocycles. The number of ether oxygens (including phenoxy) is 2.